The molecule has 1 amide bonds. The number of aliphatic hydroxyl groups is 1. The van der Waals surface area contributed by atoms with E-state index in [-0.39, 0.29) is 12.5 Å². The van der Waals surface area contributed by atoms with Crippen LogP contribution in [-0.2, 0) is 23.2 Å². The number of methoxy groups -OCH3 is 2. The highest BCUT2D eigenvalue weighted by Gasteiger charge is 2.38. The van der Waals surface area contributed by atoms with E-state index in [2.05, 4.69) is 5.32 Å². The first-order chi connectivity index (χ1) is 13.0. The molecule has 0 bridgehead atoms. The zero-order valence-electron chi connectivity index (χ0n) is 15.5. The van der Waals surface area contributed by atoms with Gasteiger partial charge in [-0.05, 0) is 54.2 Å². The van der Waals surface area contributed by atoms with Gasteiger partial charge in [-0.1, -0.05) is 29.8 Å². The number of nitrogens with one attached hydrogen (secondary N) is 1. The number of hydrogen-bond acceptors (Lipinski definition) is 4. The molecule has 1 aliphatic rings. The average molecular weight is 390 g/mol. The topological polar surface area (TPSA) is 67.8 Å². The number of amides is 1. The number of carbonyl (C=O) groups excluding carboxylic acids is 1. The van der Waals surface area contributed by atoms with Gasteiger partial charge >= 0.3 is 0 Å². The zero-order valence-corrected chi connectivity index (χ0v) is 16.3. The quantitative estimate of drug-likeness (QED) is 0.762. The minimum Gasteiger partial charge on any atom is -0.493 e. The summed E-state index contributed by atoms with van der Waals surface area (Å²) in [5, 5.41) is 14.6. The maximum Gasteiger partial charge on any atom is 0.220 e. The number of fused-ring (bicyclic) bond motifs is 1. The Bertz CT molecular complexity index is 839. The van der Waals surface area contributed by atoms with Gasteiger partial charge in [-0.2, -0.15) is 0 Å². The summed E-state index contributed by atoms with van der Waals surface area (Å²) in [6, 6.07) is 11.2. The minimum absolute atomic E-state index is 0.114. The Morgan fingerprint density at radius 2 is 1.93 bits per heavy atom. The molecule has 5 nitrogen and oxygen atoms in total. The molecule has 6 heteroatoms. The van der Waals surface area contributed by atoms with Crippen LogP contribution in [-0.4, -0.2) is 31.8 Å². The Labute approximate surface area is 164 Å². The second-order valence-corrected chi connectivity index (χ2v) is 7.17. The number of ether oxygens (including phenoxy) is 2. The van der Waals surface area contributed by atoms with Crippen LogP contribution in [0.15, 0.2) is 36.4 Å². The Morgan fingerprint density at radius 1 is 1.22 bits per heavy atom. The molecule has 0 aromatic heterocycles. The summed E-state index contributed by atoms with van der Waals surface area (Å²) >= 11 is 6.13. The molecular formula is C21H24ClNO4. The van der Waals surface area contributed by atoms with E-state index in [9.17, 15) is 9.90 Å². The lowest BCUT2D eigenvalue weighted by atomic mass is 9.95. The lowest BCUT2D eigenvalue weighted by Gasteiger charge is -2.25. The number of hydrogen-bond donors (Lipinski definition) is 2. The third kappa shape index (κ3) is 4.20. The lowest BCUT2D eigenvalue weighted by Crippen LogP contribution is -2.39. The Balaban J connectivity index is 1.63. The van der Waals surface area contributed by atoms with Crippen LogP contribution in [0.3, 0.4) is 0 Å². The summed E-state index contributed by atoms with van der Waals surface area (Å²) in [7, 11) is 3.15. The molecule has 27 heavy (non-hydrogen) atoms. The first-order valence-corrected chi connectivity index (χ1v) is 9.32. The number of halogens is 1. The fourth-order valence-corrected chi connectivity index (χ4v) is 3.73. The van der Waals surface area contributed by atoms with Crippen LogP contribution in [0, 0.1) is 0 Å². The first kappa shape index (κ1) is 19.5. The molecular weight excluding hydrogens is 366 g/mol. The van der Waals surface area contributed by atoms with E-state index in [0.29, 0.717) is 35.8 Å². The van der Waals surface area contributed by atoms with Crippen molar-refractivity contribution in [3.8, 4) is 11.5 Å². The van der Waals surface area contributed by atoms with Crippen molar-refractivity contribution in [2.24, 2.45) is 0 Å². The molecule has 0 saturated carbocycles. The molecule has 0 heterocycles. The summed E-state index contributed by atoms with van der Waals surface area (Å²) in [6.45, 7) is 0.164. The Kier molecular flexibility index (Phi) is 5.92. The summed E-state index contributed by atoms with van der Waals surface area (Å²) < 4.78 is 10.7. The highest BCUT2D eigenvalue weighted by Crippen LogP contribution is 2.42. The summed E-state index contributed by atoms with van der Waals surface area (Å²) in [4.78, 5) is 12.3. The molecule has 0 radical (unpaired) electrons. The highest BCUT2D eigenvalue weighted by atomic mass is 35.5. The third-order valence-corrected chi connectivity index (χ3v) is 5.44. The fourth-order valence-electron chi connectivity index (χ4n) is 3.50. The van der Waals surface area contributed by atoms with Crippen molar-refractivity contribution < 1.29 is 19.4 Å². The third-order valence-electron chi connectivity index (χ3n) is 5.08. The Hall–Kier alpha value is -2.24. The van der Waals surface area contributed by atoms with Crippen molar-refractivity contribution in [1.29, 1.82) is 0 Å². The monoisotopic (exact) mass is 389 g/mol. The number of benzene rings is 2. The maximum atomic E-state index is 12.3. The van der Waals surface area contributed by atoms with Crippen LogP contribution < -0.4 is 14.8 Å². The van der Waals surface area contributed by atoms with Gasteiger partial charge in [-0.15, -0.1) is 0 Å². The van der Waals surface area contributed by atoms with Gasteiger partial charge in [0.1, 0.15) is 5.60 Å². The summed E-state index contributed by atoms with van der Waals surface area (Å²) in [5.41, 5.74) is 1.64. The molecule has 1 atom stereocenters. The predicted molar refractivity (Wildman–Crippen MR) is 105 cm³/mol. The zero-order chi connectivity index (χ0) is 19.4. The van der Waals surface area contributed by atoms with Gasteiger partial charge in [0, 0.05) is 11.4 Å². The van der Waals surface area contributed by atoms with Crippen molar-refractivity contribution in [2.45, 2.75) is 31.3 Å². The van der Waals surface area contributed by atoms with E-state index in [1.54, 1.807) is 20.3 Å². The van der Waals surface area contributed by atoms with Crippen LogP contribution in [0.4, 0.5) is 0 Å². The van der Waals surface area contributed by atoms with E-state index >= 15 is 0 Å². The van der Waals surface area contributed by atoms with Crippen molar-refractivity contribution in [2.75, 3.05) is 20.8 Å². The SMILES string of the molecule is COc1cc2c(cc1OC)C(O)(CNC(=O)CCc1ccccc1Cl)CC2. The molecule has 2 aromatic rings. The standard InChI is InChI=1S/C21H24ClNO4/c1-26-18-11-15-9-10-21(25,16(15)12-19(18)27-2)13-23-20(24)8-7-14-5-3-4-6-17(14)22/h3-6,11-12,25H,7-10,13H2,1-2H3,(H,23,24). The van der Waals surface area contributed by atoms with E-state index in [1.807, 2.05) is 30.3 Å². The highest BCUT2D eigenvalue weighted by molar-refractivity contribution is 6.31. The second-order valence-electron chi connectivity index (χ2n) is 6.76. The second kappa shape index (κ2) is 8.19. The van der Waals surface area contributed by atoms with E-state index in [1.165, 1.54) is 0 Å². The van der Waals surface area contributed by atoms with Crippen molar-refractivity contribution in [1.82, 2.24) is 5.32 Å². The van der Waals surface area contributed by atoms with Crippen LogP contribution in [0.5, 0.6) is 11.5 Å². The molecule has 0 aliphatic heterocycles. The van der Waals surface area contributed by atoms with Crippen LogP contribution >= 0.6 is 11.6 Å². The molecule has 0 saturated heterocycles. The van der Waals surface area contributed by atoms with E-state index in [4.69, 9.17) is 21.1 Å². The van der Waals surface area contributed by atoms with Crippen LogP contribution in [0.2, 0.25) is 5.02 Å². The lowest BCUT2D eigenvalue weighted by molar-refractivity contribution is -0.122. The van der Waals surface area contributed by atoms with E-state index in [0.717, 1.165) is 23.1 Å². The molecule has 2 N–H and O–H groups in total. The van der Waals surface area contributed by atoms with Gasteiger partial charge in [-0.25, -0.2) is 0 Å². The maximum absolute atomic E-state index is 12.3. The fraction of sp³-hybridized carbons (Fsp3) is 0.381. The van der Waals surface area contributed by atoms with Crippen molar-refractivity contribution in [3.05, 3.63) is 58.1 Å². The van der Waals surface area contributed by atoms with Gasteiger partial charge in [0.25, 0.3) is 0 Å². The minimum atomic E-state index is -1.10. The van der Waals surface area contributed by atoms with Gasteiger partial charge in [0.05, 0.1) is 20.8 Å². The molecule has 1 aliphatic carbocycles. The molecule has 0 spiro atoms. The molecule has 1 unspecified atom stereocenters. The van der Waals surface area contributed by atoms with Crippen LogP contribution in [0.25, 0.3) is 0 Å². The normalized spacial score (nSPS) is 18.1. The Morgan fingerprint density at radius 3 is 2.63 bits per heavy atom. The first-order valence-electron chi connectivity index (χ1n) is 8.94. The van der Waals surface area contributed by atoms with Gasteiger partial charge < -0.3 is 19.9 Å². The van der Waals surface area contributed by atoms with Crippen LogP contribution in [0.1, 0.15) is 29.5 Å². The smallest absolute Gasteiger partial charge is 0.220 e. The number of rotatable bonds is 7. The molecule has 0 fully saturated rings. The van der Waals surface area contributed by atoms with Gasteiger partial charge in [0.15, 0.2) is 11.5 Å². The largest absolute Gasteiger partial charge is 0.493 e. The number of aryl methyl sites for hydroxylation is 2. The van der Waals surface area contributed by atoms with Crippen molar-refractivity contribution >= 4 is 17.5 Å². The van der Waals surface area contributed by atoms with Gasteiger partial charge in [-0.3, -0.25) is 4.79 Å². The van der Waals surface area contributed by atoms with Crippen molar-refractivity contribution in [3.63, 3.8) is 0 Å². The molecule has 3 rings (SSSR count). The number of carbonyl (C=O) groups is 1. The average Bonchev–Trinajstić information content (AvgIpc) is 3.01. The van der Waals surface area contributed by atoms with E-state index < -0.39 is 5.60 Å². The molecule has 144 valence electrons. The molecule has 2 aromatic carbocycles. The predicted octanol–water partition coefficient (Wildman–Crippen LogP) is 3.24. The van der Waals surface area contributed by atoms with Gasteiger partial charge in [0.2, 0.25) is 5.91 Å². The summed E-state index contributed by atoms with van der Waals surface area (Å²) in [6.07, 6.45) is 2.15. The summed E-state index contributed by atoms with van der Waals surface area (Å²) in [5.74, 6) is 1.10.